The van der Waals surface area contributed by atoms with Gasteiger partial charge in [0.25, 0.3) is 0 Å². The molecule has 0 amide bonds. The Morgan fingerprint density at radius 3 is 2.83 bits per heavy atom. The van der Waals surface area contributed by atoms with Gasteiger partial charge in [-0.3, -0.25) is 0 Å². The Morgan fingerprint density at radius 2 is 2.17 bits per heavy atom. The van der Waals surface area contributed by atoms with Crippen LogP contribution in [-0.4, -0.2) is 21.3 Å². The molecule has 1 heterocycles. The number of benzene rings is 1. The monoisotopic (exact) mass is 248 g/mol. The summed E-state index contributed by atoms with van der Waals surface area (Å²) in [4.78, 5) is 10.9. The highest BCUT2D eigenvalue weighted by molar-refractivity contribution is 5.90. The van der Waals surface area contributed by atoms with Gasteiger partial charge in [-0.2, -0.15) is 5.10 Å². The third kappa shape index (κ3) is 2.60. The largest absolute Gasteiger partial charge is 0.478 e. The number of carboxylic acids is 1. The molecule has 1 aromatic carbocycles. The normalized spacial score (nSPS) is 10.1. The summed E-state index contributed by atoms with van der Waals surface area (Å²) in [6.45, 7) is 1.80. The molecule has 0 atom stereocenters. The molecule has 6 heteroatoms. The smallest absolute Gasteiger partial charge is 0.339 e. The number of carboxylic acid groups (broad SMARTS) is 1. The first-order chi connectivity index (χ1) is 8.56. The second-order valence-corrected chi connectivity index (χ2v) is 3.62. The van der Waals surface area contributed by atoms with Gasteiger partial charge in [-0.05, 0) is 30.7 Å². The average molecular weight is 248 g/mol. The Balaban J connectivity index is 2.37. The van der Waals surface area contributed by atoms with Gasteiger partial charge in [-0.1, -0.05) is 0 Å². The molecule has 0 saturated heterocycles. The minimum absolute atomic E-state index is 0.0174. The molecule has 0 saturated carbocycles. The van der Waals surface area contributed by atoms with Crippen molar-refractivity contribution in [2.75, 3.05) is 0 Å². The maximum atomic E-state index is 13.0. The van der Waals surface area contributed by atoms with Gasteiger partial charge in [0.15, 0.2) is 0 Å². The molecule has 0 bridgehead atoms. The Labute approximate surface area is 102 Å². The van der Waals surface area contributed by atoms with Gasteiger partial charge in [0.05, 0.1) is 6.20 Å². The predicted octanol–water partition coefficient (Wildman–Crippen LogP) is 2.41. The van der Waals surface area contributed by atoms with Crippen LogP contribution in [0, 0.1) is 12.7 Å². The maximum Gasteiger partial charge on any atom is 0.339 e. The van der Waals surface area contributed by atoms with Gasteiger partial charge in [0, 0.05) is 6.07 Å². The summed E-state index contributed by atoms with van der Waals surface area (Å²) in [5.41, 5.74) is 0.553. The fourth-order valence-electron chi connectivity index (χ4n) is 1.36. The molecule has 0 aliphatic rings. The highest BCUT2D eigenvalue weighted by Crippen LogP contribution is 2.24. The van der Waals surface area contributed by atoms with Gasteiger partial charge in [-0.15, -0.1) is 5.10 Å². The zero-order valence-corrected chi connectivity index (χ0v) is 9.42. The van der Waals surface area contributed by atoms with Crippen molar-refractivity contribution >= 4 is 5.97 Å². The molecule has 1 N–H and O–H groups in total. The Bertz CT molecular complexity index is 602. The number of aromatic carboxylic acids is 1. The van der Waals surface area contributed by atoms with Gasteiger partial charge in [0.2, 0.25) is 5.88 Å². The molecule has 0 spiro atoms. The molecule has 92 valence electrons. The Morgan fingerprint density at radius 1 is 1.39 bits per heavy atom. The Hall–Kier alpha value is -2.50. The highest BCUT2D eigenvalue weighted by Gasteiger charge is 2.13. The van der Waals surface area contributed by atoms with E-state index >= 15 is 0 Å². The van der Waals surface area contributed by atoms with Crippen molar-refractivity contribution in [2.45, 2.75) is 6.92 Å². The van der Waals surface area contributed by atoms with E-state index in [0.29, 0.717) is 0 Å². The minimum Gasteiger partial charge on any atom is -0.478 e. The van der Waals surface area contributed by atoms with Crippen LogP contribution in [0.1, 0.15) is 15.9 Å². The lowest BCUT2D eigenvalue weighted by molar-refractivity contribution is 0.0693. The number of ether oxygens (including phenoxy) is 1. The molecule has 5 nitrogen and oxygen atoms in total. The molecular weight excluding hydrogens is 239 g/mol. The summed E-state index contributed by atoms with van der Waals surface area (Å²) in [6, 6.07) is 4.84. The van der Waals surface area contributed by atoms with Crippen LogP contribution in [-0.2, 0) is 0 Å². The minimum atomic E-state index is -1.27. The van der Waals surface area contributed by atoms with Crippen molar-refractivity contribution in [2.24, 2.45) is 0 Å². The number of nitrogens with zero attached hydrogens (tertiary/aromatic N) is 2. The number of hydrogen-bond donors (Lipinski definition) is 1. The van der Waals surface area contributed by atoms with Crippen LogP contribution in [0.25, 0.3) is 0 Å². The number of aromatic nitrogens is 2. The van der Waals surface area contributed by atoms with Gasteiger partial charge >= 0.3 is 5.97 Å². The summed E-state index contributed by atoms with van der Waals surface area (Å²) >= 11 is 0. The van der Waals surface area contributed by atoms with Crippen LogP contribution in [0.3, 0.4) is 0 Å². The fraction of sp³-hybridized carbons (Fsp3) is 0.0833. The summed E-state index contributed by atoms with van der Waals surface area (Å²) in [7, 11) is 0. The summed E-state index contributed by atoms with van der Waals surface area (Å²) in [5, 5.41) is 16.3. The fourth-order valence-corrected chi connectivity index (χ4v) is 1.36. The van der Waals surface area contributed by atoms with E-state index in [1.54, 1.807) is 13.0 Å². The maximum absolute atomic E-state index is 13.0. The van der Waals surface area contributed by atoms with E-state index in [1.165, 1.54) is 12.3 Å². The Kier molecular flexibility index (Phi) is 3.18. The molecular formula is C12H9FN2O3. The molecule has 0 fully saturated rings. The topological polar surface area (TPSA) is 72.3 Å². The van der Waals surface area contributed by atoms with Crippen LogP contribution < -0.4 is 4.74 Å². The van der Waals surface area contributed by atoms with Gasteiger partial charge in [0.1, 0.15) is 17.1 Å². The van der Waals surface area contributed by atoms with E-state index in [9.17, 15) is 9.18 Å². The summed E-state index contributed by atoms with van der Waals surface area (Å²) in [5.74, 6) is -1.74. The molecule has 2 rings (SSSR count). The molecule has 18 heavy (non-hydrogen) atoms. The molecule has 1 aromatic heterocycles. The van der Waals surface area contributed by atoms with E-state index in [-0.39, 0.29) is 17.2 Å². The molecule has 0 unspecified atom stereocenters. The van der Waals surface area contributed by atoms with Gasteiger partial charge < -0.3 is 9.84 Å². The van der Waals surface area contributed by atoms with Crippen LogP contribution in [0.4, 0.5) is 4.39 Å². The molecule has 0 aliphatic heterocycles. The van der Waals surface area contributed by atoms with Crippen molar-refractivity contribution in [3.63, 3.8) is 0 Å². The van der Waals surface area contributed by atoms with Crippen LogP contribution >= 0.6 is 0 Å². The van der Waals surface area contributed by atoms with E-state index in [1.807, 2.05) is 0 Å². The van der Waals surface area contributed by atoms with Crippen molar-refractivity contribution < 1.29 is 19.0 Å². The quantitative estimate of drug-likeness (QED) is 0.902. The number of hydrogen-bond acceptors (Lipinski definition) is 4. The lowest BCUT2D eigenvalue weighted by atomic mass is 10.2. The first-order valence-electron chi connectivity index (χ1n) is 5.06. The van der Waals surface area contributed by atoms with E-state index < -0.39 is 11.8 Å². The highest BCUT2D eigenvalue weighted by atomic mass is 19.1. The van der Waals surface area contributed by atoms with Crippen molar-refractivity contribution in [1.82, 2.24) is 10.2 Å². The van der Waals surface area contributed by atoms with Crippen molar-refractivity contribution in [1.29, 1.82) is 0 Å². The van der Waals surface area contributed by atoms with Crippen molar-refractivity contribution in [3.05, 3.63) is 47.4 Å². The lowest BCUT2D eigenvalue weighted by Crippen LogP contribution is -2.01. The third-order valence-corrected chi connectivity index (χ3v) is 2.16. The first-order valence-corrected chi connectivity index (χ1v) is 5.06. The second kappa shape index (κ2) is 4.79. The van der Waals surface area contributed by atoms with E-state index in [0.717, 1.165) is 17.7 Å². The summed E-state index contributed by atoms with van der Waals surface area (Å²) in [6.07, 6.45) is 1.54. The predicted molar refractivity (Wildman–Crippen MR) is 60.2 cm³/mol. The number of halogens is 1. The summed E-state index contributed by atoms with van der Waals surface area (Å²) < 4.78 is 18.2. The van der Waals surface area contributed by atoms with E-state index in [2.05, 4.69) is 10.2 Å². The number of carbonyl (C=O) groups is 1. The standard InChI is InChI=1S/C12H9FN2O3/c1-7-4-11(15-14-6-7)18-10-3-2-8(13)5-9(10)12(16)17/h2-6H,1H3,(H,16,17). The number of aryl methyl sites for hydroxylation is 1. The zero-order valence-electron chi connectivity index (χ0n) is 9.42. The van der Waals surface area contributed by atoms with E-state index in [4.69, 9.17) is 9.84 Å². The molecule has 0 aliphatic carbocycles. The second-order valence-electron chi connectivity index (χ2n) is 3.62. The van der Waals surface area contributed by atoms with Gasteiger partial charge in [-0.25, -0.2) is 9.18 Å². The van der Waals surface area contributed by atoms with Crippen LogP contribution in [0.2, 0.25) is 0 Å². The first kappa shape index (κ1) is 12.0. The zero-order chi connectivity index (χ0) is 13.1. The number of rotatable bonds is 3. The lowest BCUT2D eigenvalue weighted by Gasteiger charge is -2.07. The molecule has 2 aromatic rings. The van der Waals surface area contributed by atoms with Crippen molar-refractivity contribution in [3.8, 4) is 11.6 Å². The van der Waals surface area contributed by atoms with Crippen LogP contribution in [0.15, 0.2) is 30.5 Å². The molecule has 0 radical (unpaired) electrons. The average Bonchev–Trinajstić information content (AvgIpc) is 2.31. The van der Waals surface area contributed by atoms with Crippen LogP contribution in [0.5, 0.6) is 11.6 Å². The SMILES string of the molecule is Cc1cnnc(Oc2ccc(F)cc2C(=O)O)c1. The third-order valence-electron chi connectivity index (χ3n) is 2.16.